The third kappa shape index (κ3) is 3.48. The van der Waals surface area contributed by atoms with Gasteiger partial charge >= 0.3 is 0 Å². The molecule has 2 N–H and O–H groups in total. The van der Waals surface area contributed by atoms with Gasteiger partial charge in [0.15, 0.2) is 0 Å². The van der Waals surface area contributed by atoms with Crippen LogP contribution in [0.2, 0.25) is 0 Å². The van der Waals surface area contributed by atoms with Crippen LogP contribution in [0.3, 0.4) is 0 Å². The second-order valence-corrected chi connectivity index (χ2v) is 4.64. The number of halogens is 1. The summed E-state index contributed by atoms with van der Waals surface area (Å²) in [5, 5.41) is 33.2. The summed E-state index contributed by atoms with van der Waals surface area (Å²) in [6, 6.07) is 2.79. The summed E-state index contributed by atoms with van der Waals surface area (Å²) in [4.78, 5) is 31.5. The number of non-ortho nitro benzene ring substituents is 1. The van der Waals surface area contributed by atoms with Crippen molar-refractivity contribution in [3.63, 3.8) is 0 Å². The number of rotatable bonds is 5. The van der Waals surface area contributed by atoms with Gasteiger partial charge in [0.2, 0.25) is 0 Å². The van der Waals surface area contributed by atoms with Gasteiger partial charge in [-0.15, -0.1) is 0 Å². The van der Waals surface area contributed by atoms with Crippen molar-refractivity contribution >= 4 is 38.9 Å². The number of hydrogen-bond donors (Lipinski definition) is 2. The lowest BCUT2D eigenvalue weighted by atomic mass is 10.1. The minimum atomic E-state index is -1.77. The van der Waals surface area contributed by atoms with Crippen molar-refractivity contribution in [2.24, 2.45) is 0 Å². The predicted molar refractivity (Wildman–Crippen MR) is 72.8 cm³/mol. The first kappa shape index (κ1) is 16.0. The number of carbonyl (C=O) groups is 1. The van der Waals surface area contributed by atoms with Crippen LogP contribution >= 0.6 is 15.9 Å². The van der Waals surface area contributed by atoms with Crippen LogP contribution in [0.4, 0.5) is 17.1 Å². The predicted octanol–water partition coefficient (Wildman–Crippen LogP) is 1.59. The standard InChI is InChI=1S/C10H10BrN3O6/c1-10(16,5-11)9(15)12-7-3-2-6(13(17)18)4-8(7)14(19)20/h2-4,16H,5H2,1H3,(H,12,15)/t10-/m1/s1. The number of carbonyl (C=O) groups excluding carboxylic acids is 1. The molecule has 1 aromatic carbocycles. The van der Waals surface area contributed by atoms with Gasteiger partial charge in [-0.25, -0.2) is 0 Å². The van der Waals surface area contributed by atoms with Gasteiger partial charge in [0, 0.05) is 11.4 Å². The second-order valence-electron chi connectivity index (χ2n) is 4.08. The number of anilines is 1. The van der Waals surface area contributed by atoms with Crippen molar-refractivity contribution in [1.29, 1.82) is 0 Å². The number of benzene rings is 1. The number of nitrogens with zero attached hydrogens (tertiary/aromatic N) is 2. The number of alkyl halides is 1. The van der Waals surface area contributed by atoms with E-state index in [2.05, 4.69) is 21.2 Å². The molecular formula is C10H10BrN3O6. The number of aliphatic hydroxyl groups is 1. The fraction of sp³-hybridized carbons (Fsp3) is 0.300. The Kier molecular flexibility index (Phi) is 4.73. The molecule has 0 unspecified atom stereocenters. The highest BCUT2D eigenvalue weighted by Crippen LogP contribution is 2.29. The van der Waals surface area contributed by atoms with Gasteiger partial charge in [-0.1, -0.05) is 15.9 Å². The Morgan fingerprint density at radius 3 is 2.45 bits per heavy atom. The van der Waals surface area contributed by atoms with Gasteiger partial charge in [0.25, 0.3) is 17.3 Å². The van der Waals surface area contributed by atoms with E-state index in [0.717, 1.165) is 18.2 Å². The number of nitrogens with one attached hydrogen (secondary N) is 1. The zero-order chi connectivity index (χ0) is 15.5. The van der Waals surface area contributed by atoms with Crippen LogP contribution in [-0.4, -0.2) is 31.8 Å². The molecule has 1 amide bonds. The summed E-state index contributed by atoms with van der Waals surface area (Å²) < 4.78 is 0. The molecule has 0 saturated carbocycles. The lowest BCUT2D eigenvalue weighted by molar-refractivity contribution is -0.393. The maximum absolute atomic E-state index is 11.7. The van der Waals surface area contributed by atoms with Crippen molar-refractivity contribution in [2.45, 2.75) is 12.5 Å². The van der Waals surface area contributed by atoms with Crippen LogP contribution in [0.5, 0.6) is 0 Å². The van der Waals surface area contributed by atoms with Crippen LogP contribution < -0.4 is 5.32 Å². The summed E-state index contributed by atoms with van der Waals surface area (Å²) in [7, 11) is 0. The van der Waals surface area contributed by atoms with E-state index in [-0.39, 0.29) is 11.0 Å². The van der Waals surface area contributed by atoms with Crippen LogP contribution in [0, 0.1) is 20.2 Å². The number of nitro benzene ring substituents is 2. The van der Waals surface area contributed by atoms with Crippen LogP contribution in [0.1, 0.15) is 6.92 Å². The highest BCUT2D eigenvalue weighted by Gasteiger charge is 2.31. The first-order valence-electron chi connectivity index (χ1n) is 5.21. The van der Waals surface area contributed by atoms with E-state index in [4.69, 9.17) is 0 Å². The highest BCUT2D eigenvalue weighted by molar-refractivity contribution is 9.09. The Hall–Kier alpha value is -2.07. The summed E-state index contributed by atoms with van der Waals surface area (Å²) >= 11 is 2.93. The van der Waals surface area contributed by atoms with Crippen molar-refractivity contribution in [3.8, 4) is 0 Å². The maximum atomic E-state index is 11.7. The summed E-state index contributed by atoms with van der Waals surface area (Å²) in [5.74, 6) is -0.869. The molecule has 0 aliphatic rings. The molecule has 0 saturated heterocycles. The highest BCUT2D eigenvalue weighted by atomic mass is 79.9. The van der Waals surface area contributed by atoms with Gasteiger partial charge in [-0.05, 0) is 13.0 Å². The molecule has 9 nitrogen and oxygen atoms in total. The summed E-state index contributed by atoms with van der Waals surface area (Å²) in [5.41, 5.74) is -3.10. The van der Waals surface area contributed by atoms with E-state index in [1.807, 2.05) is 0 Å². The quantitative estimate of drug-likeness (QED) is 0.471. The number of nitro groups is 2. The molecule has 0 aliphatic heterocycles. The molecule has 0 radical (unpaired) electrons. The average Bonchev–Trinajstić information content (AvgIpc) is 2.38. The largest absolute Gasteiger partial charge is 0.379 e. The Bertz CT molecular complexity index is 574. The molecule has 1 aromatic rings. The molecule has 1 rings (SSSR count). The van der Waals surface area contributed by atoms with Crippen LogP contribution in [-0.2, 0) is 4.79 Å². The van der Waals surface area contributed by atoms with Gasteiger partial charge in [-0.3, -0.25) is 25.0 Å². The zero-order valence-electron chi connectivity index (χ0n) is 10.2. The SMILES string of the molecule is C[C@@](O)(CBr)C(=O)Nc1ccc([N+](=O)[O-])cc1[N+](=O)[O-]. The van der Waals surface area contributed by atoms with Crippen LogP contribution in [0.25, 0.3) is 0 Å². The van der Waals surface area contributed by atoms with Gasteiger partial charge < -0.3 is 10.4 Å². The third-order valence-corrected chi connectivity index (χ3v) is 3.48. The minimum absolute atomic E-state index is 0.0768. The van der Waals surface area contributed by atoms with E-state index in [1.54, 1.807) is 0 Å². The first-order valence-corrected chi connectivity index (χ1v) is 6.34. The second kappa shape index (κ2) is 5.92. The summed E-state index contributed by atoms with van der Waals surface area (Å²) in [6.45, 7) is 1.22. The fourth-order valence-corrected chi connectivity index (χ4v) is 1.46. The molecule has 1 atom stereocenters. The molecule has 10 heteroatoms. The topological polar surface area (TPSA) is 136 Å². The maximum Gasteiger partial charge on any atom is 0.299 e. The van der Waals surface area contributed by atoms with Crippen molar-refractivity contribution < 1.29 is 19.7 Å². The molecule has 0 aliphatic carbocycles. The van der Waals surface area contributed by atoms with Crippen molar-refractivity contribution in [2.75, 3.05) is 10.6 Å². The number of amides is 1. The molecule has 0 fully saturated rings. The summed E-state index contributed by atoms with van der Waals surface area (Å²) in [6.07, 6.45) is 0. The molecular weight excluding hydrogens is 338 g/mol. The first-order chi connectivity index (χ1) is 9.19. The minimum Gasteiger partial charge on any atom is -0.379 e. The lowest BCUT2D eigenvalue weighted by Crippen LogP contribution is -2.41. The third-order valence-electron chi connectivity index (χ3n) is 2.39. The Balaban J connectivity index is 3.16. The van der Waals surface area contributed by atoms with E-state index in [0.29, 0.717) is 0 Å². The zero-order valence-corrected chi connectivity index (χ0v) is 11.8. The molecule has 0 bridgehead atoms. The normalized spacial score (nSPS) is 13.3. The molecule has 0 aromatic heterocycles. The smallest absolute Gasteiger partial charge is 0.299 e. The van der Waals surface area contributed by atoms with Gasteiger partial charge in [0.05, 0.1) is 15.9 Å². The Morgan fingerprint density at radius 1 is 1.40 bits per heavy atom. The van der Waals surface area contributed by atoms with Gasteiger partial charge in [0.1, 0.15) is 11.3 Å². The molecule has 0 heterocycles. The Labute approximate surface area is 121 Å². The average molecular weight is 348 g/mol. The van der Waals surface area contributed by atoms with E-state index < -0.39 is 32.7 Å². The van der Waals surface area contributed by atoms with E-state index in [9.17, 15) is 30.1 Å². The van der Waals surface area contributed by atoms with E-state index in [1.165, 1.54) is 6.92 Å². The van der Waals surface area contributed by atoms with Crippen molar-refractivity contribution in [1.82, 2.24) is 0 Å². The number of hydrogen-bond acceptors (Lipinski definition) is 6. The molecule has 0 spiro atoms. The van der Waals surface area contributed by atoms with Gasteiger partial charge in [-0.2, -0.15) is 0 Å². The monoisotopic (exact) mass is 347 g/mol. The van der Waals surface area contributed by atoms with E-state index >= 15 is 0 Å². The molecule has 108 valence electrons. The lowest BCUT2D eigenvalue weighted by Gasteiger charge is -2.19. The molecule has 20 heavy (non-hydrogen) atoms. The van der Waals surface area contributed by atoms with Crippen molar-refractivity contribution in [3.05, 3.63) is 38.4 Å². The Morgan fingerprint density at radius 2 is 2.00 bits per heavy atom. The fourth-order valence-electron chi connectivity index (χ4n) is 1.21. The van der Waals surface area contributed by atoms with Crippen LogP contribution in [0.15, 0.2) is 18.2 Å².